The number of aromatic hydroxyl groups is 1. The van der Waals surface area contributed by atoms with E-state index in [9.17, 15) is 5.11 Å². The molecule has 0 amide bonds. The van der Waals surface area contributed by atoms with Crippen molar-refractivity contribution in [1.29, 1.82) is 0 Å². The number of hydrogen-bond acceptors (Lipinski definition) is 4. The number of nitrogens with zero attached hydrogens (tertiary/aromatic N) is 2. The molecule has 2 N–H and O–H groups in total. The summed E-state index contributed by atoms with van der Waals surface area (Å²) in [5, 5.41) is 15.5. The van der Waals surface area contributed by atoms with Crippen molar-refractivity contribution in [2.75, 3.05) is 18.4 Å². The Balaban J connectivity index is 1.40. The van der Waals surface area contributed by atoms with E-state index in [1.54, 1.807) is 12.3 Å². The lowest BCUT2D eigenvalue weighted by molar-refractivity contribution is 0.252. The number of nitrogens with one attached hydrogen (secondary N) is 1. The second kappa shape index (κ2) is 10.3. The summed E-state index contributed by atoms with van der Waals surface area (Å²) in [7, 11) is 0. The van der Waals surface area contributed by atoms with Crippen LogP contribution < -0.4 is 5.32 Å². The smallest absolute Gasteiger partial charge is 0.120 e. The topological polar surface area (TPSA) is 48.4 Å². The molecule has 0 atom stereocenters. The van der Waals surface area contributed by atoms with Crippen LogP contribution in [0.2, 0.25) is 5.02 Å². The molecule has 0 aliphatic carbocycles. The van der Waals surface area contributed by atoms with Crippen molar-refractivity contribution in [1.82, 2.24) is 9.88 Å². The van der Waals surface area contributed by atoms with Gasteiger partial charge in [-0.2, -0.15) is 0 Å². The maximum atomic E-state index is 10.2. The van der Waals surface area contributed by atoms with Crippen LogP contribution >= 0.6 is 11.6 Å². The Morgan fingerprint density at radius 2 is 1.71 bits per heavy atom. The van der Waals surface area contributed by atoms with Crippen molar-refractivity contribution in [3.8, 4) is 5.75 Å². The summed E-state index contributed by atoms with van der Waals surface area (Å²) in [5.74, 6) is 0.348. The van der Waals surface area contributed by atoms with E-state index in [4.69, 9.17) is 11.6 Å². The summed E-state index contributed by atoms with van der Waals surface area (Å²) in [4.78, 5) is 6.78. The van der Waals surface area contributed by atoms with Crippen LogP contribution in [0.15, 0.2) is 85.1 Å². The molecular weight excluding hydrogens is 406 g/mol. The fourth-order valence-corrected chi connectivity index (χ4v) is 3.91. The highest BCUT2D eigenvalue weighted by Gasteiger charge is 2.10. The van der Waals surface area contributed by atoms with Crippen LogP contribution in [-0.4, -0.2) is 28.1 Å². The molecule has 0 aliphatic heterocycles. The lowest BCUT2D eigenvalue weighted by Gasteiger charge is -2.23. The minimum absolute atomic E-state index is 0.348. The first-order valence-corrected chi connectivity index (χ1v) is 10.9. The second-order valence-electron chi connectivity index (χ2n) is 7.63. The number of fused-ring (bicyclic) bond motifs is 1. The molecule has 1 heterocycles. The Bertz CT molecular complexity index is 1130. The summed E-state index contributed by atoms with van der Waals surface area (Å²) in [6.45, 7) is 3.29. The third kappa shape index (κ3) is 5.75. The number of phenols is 1. The van der Waals surface area contributed by atoms with E-state index in [0.717, 1.165) is 48.2 Å². The number of halogens is 1. The first-order chi connectivity index (χ1) is 15.2. The molecule has 31 heavy (non-hydrogen) atoms. The molecule has 5 heteroatoms. The molecule has 0 fully saturated rings. The molecule has 4 nitrogen and oxygen atoms in total. The zero-order valence-electron chi connectivity index (χ0n) is 17.3. The molecule has 158 valence electrons. The highest BCUT2D eigenvalue weighted by molar-refractivity contribution is 6.31. The van der Waals surface area contributed by atoms with Crippen molar-refractivity contribution in [3.05, 3.63) is 101 Å². The summed E-state index contributed by atoms with van der Waals surface area (Å²) >= 11 is 6.09. The highest BCUT2D eigenvalue weighted by Crippen LogP contribution is 2.24. The van der Waals surface area contributed by atoms with Crippen LogP contribution in [0.3, 0.4) is 0 Å². The number of phenolic OH excluding ortho intramolecular Hbond substituents is 1. The van der Waals surface area contributed by atoms with Gasteiger partial charge in [0.15, 0.2) is 0 Å². The maximum absolute atomic E-state index is 10.2. The number of aromatic nitrogens is 1. The molecule has 4 aromatic rings. The van der Waals surface area contributed by atoms with E-state index in [2.05, 4.69) is 39.5 Å². The largest absolute Gasteiger partial charge is 0.508 e. The van der Waals surface area contributed by atoms with Gasteiger partial charge in [0.2, 0.25) is 0 Å². The SMILES string of the molecule is Oc1ccccc1CN(CCCNc1ccnc2cc(Cl)ccc12)Cc1ccccc1. The number of benzene rings is 3. The summed E-state index contributed by atoms with van der Waals surface area (Å²) < 4.78 is 0. The summed E-state index contributed by atoms with van der Waals surface area (Å²) in [6, 6.07) is 25.8. The molecule has 3 aromatic carbocycles. The van der Waals surface area contributed by atoms with Crippen LogP contribution in [0, 0.1) is 0 Å². The number of pyridine rings is 1. The third-order valence-electron chi connectivity index (χ3n) is 5.31. The van der Waals surface area contributed by atoms with Gasteiger partial charge in [0, 0.05) is 54.0 Å². The van der Waals surface area contributed by atoms with E-state index < -0.39 is 0 Å². The number of hydrogen-bond donors (Lipinski definition) is 2. The quantitative estimate of drug-likeness (QED) is 0.314. The van der Waals surface area contributed by atoms with Crippen molar-refractivity contribution < 1.29 is 5.11 Å². The van der Waals surface area contributed by atoms with Gasteiger partial charge in [-0.25, -0.2) is 0 Å². The number of anilines is 1. The van der Waals surface area contributed by atoms with Crippen LogP contribution in [0.1, 0.15) is 17.5 Å². The van der Waals surface area contributed by atoms with Gasteiger partial charge in [-0.3, -0.25) is 9.88 Å². The Morgan fingerprint density at radius 1 is 0.903 bits per heavy atom. The monoisotopic (exact) mass is 431 g/mol. The van der Waals surface area contributed by atoms with Crippen molar-refractivity contribution >= 4 is 28.2 Å². The van der Waals surface area contributed by atoms with Gasteiger partial charge < -0.3 is 10.4 Å². The van der Waals surface area contributed by atoms with Gasteiger partial charge in [-0.1, -0.05) is 60.1 Å². The predicted octanol–water partition coefficient (Wildman–Crippen LogP) is 6.10. The van der Waals surface area contributed by atoms with Crippen LogP contribution in [0.25, 0.3) is 10.9 Å². The van der Waals surface area contributed by atoms with Crippen LogP contribution in [0.5, 0.6) is 5.75 Å². The minimum atomic E-state index is 0.348. The molecule has 0 spiro atoms. The van der Waals surface area contributed by atoms with Gasteiger partial charge in [-0.15, -0.1) is 0 Å². The van der Waals surface area contributed by atoms with Gasteiger partial charge in [0.25, 0.3) is 0 Å². The number of rotatable bonds is 9. The average molecular weight is 432 g/mol. The first kappa shape index (κ1) is 21.2. The van der Waals surface area contributed by atoms with E-state index in [1.807, 2.05) is 48.5 Å². The second-order valence-corrected chi connectivity index (χ2v) is 8.06. The van der Waals surface area contributed by atoms with Crippen LogP contribution in [0.4, 0.5) is 5.69 Å². The Kier molecular flexibility index (Phi) is 7.03. The van der Waals surface area contributed by atoms with Crippen molar-refractivity contribution in [2.24, 2.45) is 0 Å². The summed E-state index contributed by atoms with van der Waals surface area (Å²) in [6.07, 6.45) is 2.78. The van der Waals surface area contributed by atoms with E-state index >= 15 is 0 Å². The molecule has 0 radical (unpaired) electrons. The van der Waals surface area contributed by atoms with Crippen molar-refractivity contribution in [3.63, 3.8) is 0 Å². The van der Waals surface area contributed by atoms with Crippen LogP contribution in [-0.2, 0) is 13.1 Å². The van der Waals surface area contributed by atoms with Gasteiger partial charge >= 0.3 is 0 Å². The maximum Gasteiger partial charge on any atom is 0.120 e. The lowest BCUT2D eigenvalue weighted by atomic mass is 10.1. The number of para-hydroxylation sites is 1. The average Bonchev–Trinajstić information content (AvgIpc) is 2.78. The lowest BCUT2D eigenvalue weighted by Crippen LogP contribution is -2.25. The molecule has 0 bridgehead atoms. The Hall–Kier alpha value is -3.08. The molecule has 1 aromatic heterocycles. The van der Waals surface area contributed by atoms with Gasteiger partial charge in [-0.05, 0) is 42.3 Å². The first-order valence-electron chi connectivity index (χ1n) is 10.5. The molecule has 4 rings (SSSR count). The van der Waals surface area contributed by atoms with Gasteiger partial charge in [0.05, 0.1) is 5.52 Å². The van der Waals surface area contributed by atoms with E-state index in [1.165, 1.54) is 5.56 Å². The highest BCUT2D eigenvalue weighted by atomic mass is 35.5. The van der Waals surface area contributed by atoms with E-state index in [-0.39, 0.29) is 0 Å². The Labute approximate surface area is 188 Å². The molecule has 0 aliphatic rings. The van der Waals surface area contributed by atoms with Gasteiger partial charge in [0.1, 0.15) is 5.75 Å². The fraction of sp³-hybridized carbons (Fsp3) is 0.192. The zero-order valence-corrected chi connectivity index (χ0v) is 18.1. The molecule has 0 saturated carbocycles. The standard InChI is InChI=1S/C26H26ClN3O/c27-22-11-12-23-24(13-15-29-25(23)17-22)28-14-6-16-30(18-20-7-2-1-3-8-20)19-21-9-4-5-10-26(21)31/h1-5,7-13,15,17,31H,6,14,16,18-19H2,(H,28,29). The molecule has 0 saturated heterocycles. The van der Waals surface area contributed by atoms with Crippen molar-refractivity contribution in [2.45, 2.75) is 19.5 Å². The fourth-order valence-electron chi connectivity index (χ4n) is 3.74. The molecule has 0 unspecified atom stereocenters. The Morgan fingerprint density at radius 3 is 2.55 bits per heavy atom. The zero-order chi connectivity index (χ0) is 21.5. The normalized spacial score (nSPS) is 11.2. The minimum Gasteiger partial charge on any atom is -0.508 e. The third-order valence-corrected chi connectivity index (χ3v) is 5.54. The van der Waals surface area contributed by atoms with E-state index in [0.29, 0.717) is 17.3 Å². The predicted molar refractivity (Wildman–Crippen MR) is 129 cm³/mol. The molecular formula is C26H26ClN3O. The summed E-state index contributed by atoms with van der Waals surface area (Å²) in [5.41, 5.74) is 4.17.